The highest BCUT2D eigenvalue weighted by molar-refractivity contribution is 5.94. The third-order valence-corrected chi connectivity index (χ3v) is 5.93. The summed E-state index contributed by atoms with van der Waals surface area (Å²) in [5, 5.41) is 10.1. The predicted octanol–water partition coefficient (Wildman–Crippen LogP) is 3.73. The van der Waals surface area contributed by atoms with Crippen LogP contribution in [0.1, 0.15) is 39.0 Å². The molecule has 3 fully saturated rings. The van der Waals surface area contributed by atoms with E-state index in [1.54, 1.807) is 0 Å². The maximum Gasteiger partial charge on any atom is 0.490 e. The monoisotopic (exact) mass is 427 g/mol. The van der Waals surface area contributed by atoms with Crippen LogP contribution in [0.5, 0.6) is 0 Å². The lowest BCUT2D eigenvalue weighted by Gasteiger charge is -2.28. The fourth-order valence-corrected chi connectivity index (χ4v) is 4.09. The van der Waals surface area contributed by atoms with E-state index in [0.717, 1.165) is 37.7 Å². The van der Waals surface area contributed by atoms with E-state index in [2.05, 4.69) is 34.2 Å². The van der Waals surface area contributed by atoms with Crippen LogP contribution in [0.15, 0.2) is 24.3 Å². The van der Waals surface area contributed by atoms with Crippen LogP contribution in [0, 0.1) is 5.92 Å². The molecule has 1 saturated carbocycles. The van der Waals surface area contributed by atoms with E-state index < -0.39 is 12.1 Å². The zero-order valence-corrected chi connectivity index (χ0v) is 17.0. The highest BCUT2D eigenvalue weighted by Gasteiger charge is 2.38. The molecular weight excluding hydrogens is 399 g/mol. The van der Waals surface area contributed by atoms with Crippen LogP contribution in [0.4, 0.5) is 24.5 Å². The molecule has 1 aliphatic carbocycles. The molecule has 1 amide bonds. The molecule has 1 aromatic rings. The second kappa shape index (κ2) is 9.24. The Hall–Kier alpha value is -2.29. The number of amides is 1. The van der Waals surface area contributed by atoms with E-state index in [-0.39, 0.29) is 11.8 Å². The first kappa shape index (κ1) is 22.4. The number of halogens is 3. The second-order valence-electron chi connectivity index (χ2n) is 8.23. The van der Waals surface area contributed by atoms with E-state index in [1.807, 2.05) is 12.1 Å². The van der Waals surface area contributed by atoms with Gasteiger partial charge in [0.1, 0.15) is 0 Å². The van der Waals surface area contributed by atoms with Crippen molar-refractivity contribution in [2.75, 3.05) is 29.9 Å². The molecule has 0 spiro atoms. The van der Waals surface area contributed by atoms with Crippen LogP contribution < -0.4 is 10.2 Å². The van der Waals surface area contributed by atoms with Gasteiger partial charge in [-0.3, -0.25) is 9.69 Å². The molecule has 4 rings (SSSR count). The number of nitrogens with zero attached hydrogens (tertiary/aromatic N) is 2. The summed E-state index contributed by atoms with van der Waals surface area (Å²) in [5.74, 6) is -2.31. The number of hydrogen-bond acceptors (Lipinski definition) is 4. The molecule has 9 heteroatoms. The minimum atomic E-state index is -5.08. The highest BCUT2D eigenvalue weighted by Crippen LogP contribution is 2.31. The Bertz CT molecular complexity index is 750. The molecule has 2 unspecified atom stereocenters. The Morgan fingerprint density at radius 3 is 2.20 bits per heavy atom. The SMILES string of the molecule is CC1CCCN1C1CCN(c2ccc(NC(=O)C3CC3)cc2)C1.O=C(O)C(F)(F)F. The second-order valence-corrected chi connectivity index (χ2v) is 8.23. The summed E-state index contributed by atoms with van der Waals surface area (Å²) in [5.41, 5.74) is 2.21. The number of benzene rings is 1. The minimum Gasteiger partial charge on any atom is -0.475 e. The number of rotatable bonds is 4. The van der Waals surface area contributed by atoms with Gasteiger partial charge in [-0.2, -0.15) is 13.2 Å². The number of nitrogens with one attached hydrogen (secondary N) is 1. The first-order chi connectivity index (χ1) is 14.1. The molecular formula is C21H28F3N3O3. The smallest absolute Gasteiger partial charge is 0.475 e. The van der Waals surface area contributed by atoms with Crippen LogP contribution in [-0.2, 0) is 9.59 Å². The van der Waals surface area contributed by atoms with Gasteiger partial charge in [0.05, 0.1) is 0 Å². The van der Waals surface area contributed by atoms with Gasteiger partial charge >= 0.3 is 12.1 Å². The maximum atomic E-state index is 11.8. The standard InChI is InChI=1S/C19H27N3O.C2HF3O2/c1-14-3-2-11-22(14)18-10-12-21(13-18)17-8-6-16(7-9-17)20-19(23)15-4-5-15;3-2(4,5)1(6)7/h6-9,14-15,18H,2-5,10-13H2,1H3,(H,20,23);(H,6,7). The van der Waals surface area contributed by atoms with Gasteiger partial charge in [0.25, 0.3) is 0 Å². The lowest BCUT2D eigenvalue weighted by molar-refractivity contribution is -0.192. The lowest BCUT2D eigenvalue weighted by Crippen LogP contribution is -2.39. The van der Waals surface area contributed by atoms with E-state index in [9.17, 15) is 18.0 Å². The number of anilines is 2. The van der Waals surface area contributed by atoms with Gasteiger partial charge < -0.3 is 15.3 Å². The molecule has 2 saturated heterocycles. The Kier molecular flexibility index (Phi) is 6.90. The topological polar surface area (TPSA) is 72.9 Å². The molecule has 30 heavy (non-hydrogen) atoms. The lowest BCUT2D eigenvalue weighted by atomic mass is 10.2. The maximum absolute atomic E-state index is 11.8. The first-order valence-corrected chi connectivity index (χ1v) is 10.4. The molecule has 0 bridgehead atoms. The van der Waals surface area contributed by atoms with Crippen molar-refractivity contribution in [2.45, 2.75) is 57.3 Å². The molecule has 3 aliphatic rings. The van der Waals surface area contributed by atoms with E-state index in [4.69, 9.17) is 9.90 Å². The van der Waals surface area contributed by atoms with Crippen molar-refractivity contribution >= 4 is 23.3 Å². The number of carboxylic acids is 1. The highest BCUT2D eigenvalue weighted by atomic mass is 19.4. The van der Waals surface area contributed by atoms with Crippen molar-refractivity contribution in [1.82, 2.24) is 4.90 Å². The van der Waals surface area contributed by atoms with Gasteiger partial charge in [-0.25, -0.2) is 4.79 Å². The molecule has 0 aromatic heterocycles. The summed E-state index contributed by atoms with van der Waals surface area (Å²) in [6.45, 7) is 5.92. The zero-order chi connectivity index (χ0) is 21.9. The van der Waals surface area contributed by atoms with Crippen molar-refractivity contribution in [1.29, 1.82) is 0 Å². The van der Waals surface area contributed by atoms with Gasteiger partial charge in [-0.15, -0.1) is 0 Å². The molecule has 0 radical (unpaired) electrons. The fourth-order valence-electron chi connectivity index (χ4n) is 4.09. The van der Waals surface area contributed by atoms with E-state index >= 15 is 0 Å². The number of carbonyl (C=O) groups excluding carboxylic acids is 1. The third kappa shape index (κ3) is 5.87. The largest absolute Gasteiger partial charge is 0.490 e. The number of likely N-dealkylation sites (tertiary alicyclic amines) is 1. The zero-order valence-electron chi connectivity index (χ0n) is 17.0. The Balaban J connectivity index is 0.000000318. The summed E-state index contributed by atoms with van der Waals surface area (Å²) in [6.07, 6.45) is 0.992. The minimum absolute atomic E-state index is 0.182. The van der Waals surface area contributed by atoms with Crippen LogP contribution >= 0.6 is 0 Å². The molecule has 2 atom stereocenters. The van der Waals surface area contributed by atoms with Gasteiger partial charge in [0.15, 0.2) is 0 Å². The van der Waals surface area contributed by atoms with Gasteiger partial charge in [0, 0.05) is 42.5 Å². The summed E-state index contributed by atoms with van der Waals surface area (Å²) < 4.78 is 31.7. The quantitative estimate of drug-likeness (QED) is 0.766. The summed E-state index contributed by atoms with van der Waals surface area (Å²) in [7, 11) is 0. The van der Waals surface area contributed by atoms with E-state index in [1.165, 1.54) is 31.5 Å². The van der Waals surface area contributed by atoms with Crippen LogP contribution in [0.3, 0.4) is 0 Å². The Labute approximate surface area is 174 Å². The average molecular weight is 427 g/mol. The molecule has 2 heterocycles. The van der Waals surface area contributed by atoms with Gasteiger partial charge in [-0.05, 0) is 69.8 Å². The summed E-state index contributed by atoms with van der Waals surface area (Å²) >= 11 is 0. The first-order valence-electron chi connectivity index (χ1n) is 10.4. The van der Waals surface area contributed by atoms with Crippen molar-refractivity contribution in [3.8, 4) is 0 Å². The third-order valence-electron chi connectivity index (χ3n) is 5.93. The number of alkyl halides is 3. The number of aliphatic carboxylic acids is 1. The van der Waals surface area contributed by atoms with Gasteiger partial charge in [-0.1, -0.05) is 0 Å². The normalized spacial score (nSPS) is 24.3. The van der Waals surface area contributed by atoms with Crippen molar-refractivity contribution in [2.24, 2.45) is 5.92 Å². The molecule has 1 aromatic carbocycles. The van der Waals surface area contributed by atoms with Gasteiger partial charge in [0.2, 0.25) is 5.91 Å². The summed E-state index contributed by atoms with van der Waals surface area (Å²) in [4.78, 5) is 25.9. The average Bonchev–Trinajstić information content (AvgIpc) is 3.28. The molecule has 2 N–H and O–H groups in total. The van der Waals surface area contributed by atoms with Crippen molar-refractivity contribution in [3.05, 3.63) is 24.3 Å². The van der Waals surface area contributed by atoms with Crippen LogP contribution in [0.2, 0.25) is 0 Å². The predicted molar refractivity (Wildman–Crippen MR) is 108 cm³/mol. The number of hydrogen-bond donors (Lipinski definition) is 2. The fraction of sp³-hybridized carbons (Fsp3) is 0.619. The summed E-state index contributed by atoms with van der Waals surface area (Å²) in [6, 6.07) is 9.85. The van der Waals surface area contributed by atoms with Crippen molar-refractivity contribution in [3.63, 3.8) is 0 Å². The molecule has 2 aliphatic heterocycles. The van der Waals surface area contributed by atoms with Crippen LogP contribution in [0.25, 0.3) is 0 Å². The molecule has 6 nitrogen and oxygen atoms in total. The van der Waals surface area contributed by atoms with Crippen molar-refractivity contribution < 1.29 is 27.9 Å². The van der Waals surface area contributed by atoms with Crippen LogP contribution in [-0.4, -0.2) is 59.8 Å². The van der Waals surface area contributed by atoms with E-state index in [0.29, 0.717) is 6.04 Å². The Morgan fingerprint density at radius 1 is 1.07 bits per heavy atom. The number of carbonyl (C=O) groups is 2. The Morgan fingerprint density at radius 2 is 1.70 bits per heavy atom. The molecule has 166 valence electrons. The number of carboxylic acid groups (broad SMARTS) is 1.